The van der Waals surface area contributed by atoms with Gasteiger partial charge in [0.1, 0.15) is 12.4 Å². The molecule has 0 aromatic heterocycles. The van der Waals surface area contributed by atoms with E-state index in [0.29, 0.717) is 29.2 Å². The molecule has 0 radical (unpaired) electrons. The number of anilines is 1. The quantitative estimate of drug-likeness (QED) is 0.410. The van der Waals surface area contributed by atoms with Crippen molar-refractivity contribution in [2.24, 2.45) is 5.10 Å². The second-order valence-electron chi connectivity index (χ2n) is 5.24. The minimum atomic E-state index is -0.392. The Morgan fingerprint density at radius 1 is 1.27 bits per heavy atom. The minimum absolute atomic E-state index is 0.206. The molecule has 2 amide bonds. The van der Waals surface area contributed by atoms with Gasteiger partial charge in [-0.15, -0.1) is 0 Å². The van der Waals surface area contributed by atoms with Crippen LogP contribution in [-0.4, -0.2) is 24.6 Å². The second-order valence-corrected chi connectivity index (χ2v) is 6.16. The number of nitrogens with one attached hydrogen (secondary N) is 2. The van der Waals surface area contributed by atoms with E-state index in [1.54, 1.807) is 36.4 Å². The fourth-order valence-corrected chi connectivity index (χ4v) is 2.45. The molecule has 0 saturated heterocycles. The first-order chi connectivity index (χ1) is 12.5. The van der Waals surface area contributed by atoms with E-state index in [4.69, 9.17) is 4.74 Å². The van der Waals surface area contributed by atoms with Gasteiger partial charge in [0, 0.05) is 28.2 Å². The maximum atomic E-state index is 12.2. The molecular formula is C19H18BrN3O3. The highest BCUT2D eigenvalue weighted by Crippen LogP contribution is 2.21. The van der Waals surface area contributed by atoms with E-state index in [-0.39, 0.29) is 5.91 Å². The van der Waals surface area contributed by atoms with E-state index in [2.05, 4.69) is 38.4 Å². The monoisotopic (exact) mass is 415 g/mol. The summed E-state index contributed by atoms with van der Waals surface area (Å²) in [5.74, 6) is 0.0260. The fourth-order valence-electron chi connectivity index (χ4n) is 2.07. The average Bonchev–Trinajstić information content (AvgIpc) is 2.60. The summed E-state index contributed by atoms with van der Waals surface area (Å²) in [7, 11) is 0. The van der Waals surface area contributed by atoms with Gasteiger partial charge in [-0.25, -0.2) is 5.43 Å². The van der Waals surface area contributed by atoms with Gasteiger partial charge in [-0.05, 0) is 36.4 Å². The SMILES string of the molecule is C=CCOc1ccc(Br)cc1C=NNC(=O)c1cccc(NC(C)=O)c1. The fraction of sp³-hybridized carbons (Fsp3) is 0.105. The first-order valence-corrected chi connectivity index (χ1v) is 8.53. The lowest BCUT2D eigenvalue weighted by Crippen LogP contribution is -2.18. The van der Waals surface area contributed by atoms with Crippen LogP contribution in [0.5, 0.6) is 5.75 Å². The molecule has 2 rings (SSSR count). The van der Waals surface area contributed by atoms with E-state index < -0.39 is 5.91 Å². The van der Waals surface area contributed by atoms with Gasteiger partial charge in [0.05, 0.1) is 6.21 Å². The molecule has 0 aliphatic rings. The van der Waals surface area contributed by atoms with Crippen LogP contribution in [0.15, 0.2) is 64.7 Å². The van der Waals surface area contributed by atoms with Crippen molar-refractivity contribution in [2.45, 2.75) is 6.92 Å². The molecule has 0 saturated carbocycles. The maximum Gasteiger partial charge on any atom is 0.271 e. The number of amides is 2. The van der Waals surface area contributed by atoms with Crippen LogP contribution in [0.2, 0.25) is 0 Å². The summed E-state index contributed by atoms with van der Waals surface area (Å²) in [6.07, 6.45) is 3.14. The lowest BCUT2D eigenvalue weighted by molar-refractivity contribution is -0.114. The van der Waals surface area contributed by atoms with Crippen molar-refractivity contribution in [1.29, 1.82) is 0 Å². The number of carbonyl (C=O) groups excluding carboxylic acids is 2. The van der Waals surface area contributed by atoms with E-state index in [1.165, 1.54) is 13.1 Å². The molecule has 0 atom stereocenters. The van der Waals surface area contributed by atoms with Crippen molar-refractivity contribution >= 4 is 39.6 Å². The van der Waals surface area contributed by atoms with E-state index in [0.717, 1.165) is 4.47 Å². The van der Waals surface area contributed by atoms with Crippen LogP contribution >= 0.6 is 15.9 Å². The number of nitrogens with zero attached hydrogens (tertiary/aromatic N) is 1. The zero-order valence-corrected chi connectivity index (χ0v) is 15.7. The van der Waals surface area contributed by atoms with E-state index in [9.17, 15) is 9.59 Å². The summed E-state index contributed by atoms with van der Waals surface area (Å²) >= 11 is 3.39. The second kappa shape index (κ2) is 9.53. The van der Waals surface area contributed by atoms with Gasteiger partial charge in [0.2, 0.25) is 5.91 Å². The zero-order chi connectivity index (χ0) is 18.9. The summed E-state index contributed by atoms with van der Waals surface area (Å²) < 4.78 is 6.41. The molecule has 0 aliphatic carbocycles. The van der Waals surface area contributed by atoms with Gasteiger partial charge >= 0.3 is 0 Å². The van der Waals surface area contributed by atoms with Gasteiger partial charge in [-0.1, -0.05) is 34.7 Å². The Morgan fingerprint density at radius 3 is 2.81 bits per heavy atom. The van der Waals surface area contributed by atoms with Crippen molar-refractivity contribution in [3.05, 3.63) is 70.7 Å². The van der Waals surface area contributed by atoms with Crippen molar-refractivity contribution in [1.82, 2.24) is 5.43 Å². The molecule has 2 N–H and O–H groups in total. The van der Waals surface area contributed by atoms with E-state index >= 15 is 0 Å². The van der Waals surface area contributed by atoms with Gasteiger partial charge in [0.15, 0.2) is 0 Å². The lowest BCUT2D eigenvalue weighted by Gasteiger charge is -2.07. The van der Waals surface area contributed by atoms with Gasteiger partial charge in [0.25, 0.3) is 5.91 Å². The number of hydrazone groups is 1. The Morgan fingerprint density at radius 2 is 2.08 bits per heavy atom. The van der Waals surface area contributed by atoms with Crippen LogP contribution in [0.25, 0.3) is 0 Å². The van der Waals surface area contributed by atoms with Gasteiger partial charge in [-0.2, -0.15) is 5.10 Å². The average molecular weight is 416 g/mol. The van der Waals surface area contributed by atoms with Crippen molar-refractivity contribution < 1.29 is 14.3 Å². The standard InChI is InChI=1S/C19H18BrN3O3/c1-3-9-26-18-8-7-16(20)10-15(18)12-21-23-19(25)14-5-4-6-17(11-14)22-13(2)24/h3-8,10-12H,1,9H2,2H3,(H,22,24)(H,23,25). The number of carbonyl (C=O) groups is 2. The normalized spacial score (nSPS) is 10.4. The minimum Gasteiger partial charge on any atom is -0.489 e. The maximum absolute atomic E-state index is 12.2. The Labute approximate surface area is 160 Å². The topological polar surface area (TPSA) is 79.8 Å². The predicted molar refractivity (Wildman–Crippen MR) is 106 cm³/mol. The molecule has 7 heteroatoms. The Hall–Kier alpha value is -2.93. The molecule has 26 heavy (non-hydrogen) atoms. The van der Waals surface area contributed by atoms with Crippen molar-refractivity contribution in [3.8, 4) is 5.75 Å². The third kappa shape index (κ3) is 5.86. The third-order valence-corrected chi connectivity index (χ3v) is 3.64. The smallest absolute Gasteiger partial charge is 0.271 e. The van der Waals surface area contributed by atoms with Gasteiger partial charge in [-0.3, -0.25) is 9.59 Å². The van der Waals surface area contributed by atoms with Crippen LogP contribution in [0.1, 0.15) is 22.8 Å². The number of hydrogen-bond donors (Lipinski definition) is 2. The molecule has 0 aliphatic heterocycles. The third-order valence-electron chi connectivity index (χ3n) is 3.14. The molecular weight excluding hydrogens is 398 g/mol. The summed E-state index contributed by atoms with van der Waals surface area (Å²) in [6, 6.07) is 12.1. The lowest BCUT2D eigenvalue weighted by atomic mass is 10.2. The summed E-state index contributed by atoms with van der Waals surface area (Å²) in [5, 5.41) is 6.61. The van der Waals surface area contributed by atoms with Gasteiger partial charge < -0.3 is 10.1 Å². The molecule has 0 spiro atoms. The number of halogens is 1. The molecule has 2 aromatic carbocycles. The number of benzene rings is 2. The van der Waals surface area contributed by atoms with E-state index in [1.807, 2.05) is 12.1 Å². The molecule has 134 valence electrons. The largest absolute Gasteiger partial charge is 0.489 e. The van der Waals surface area contributed by atoms with Crippen molar-refractivity contribution in [2.75, 3.05) is 11.9 Å². The van der Waals surface area contributed by atoms with Crippen LogP contribution in [0.3, 0.4) is 0 Å². The van der Waals surface area contributed by atoms with Crippen LogP contribution in [-0.2, 0) is 4.79 Å². The molecule has 0 unspecified atom stereocenters. The van der Waals surface area contributed by atoms with Crippen LogP contribution < -0.4 is 15.5 Å². The number of rotatable bonds is 7. The first kappa shape index (κ1) is 19.4. The zero-order valence-electron chi connectivity index (χ0n) is 14.2. The highest BCUT2D eigenvalue weighted by atomic mass is 79.9. The number of hydrogen-bond acceptors (Lipinski definition) is 4. The highest BCUT2D eigenvalue weighted by molar-refractivity contribution is 9.10. The highest BCUT2D eigenvalue weighted by Gasteiger charge is 2.06. The molecule has 0 heterocycles. The Bertz CT molecular complexity index is 850. The van der Waals surface area contributed by atoms with Crippen molar-refractivity contribution in [3.63, 3.8) is 0 Å². The summed E-state index contributed by atoms with van der Waals surface area (Å²) in [6.45, 7) is 5.39. The summed E-state index contributed by atoms with van der Waals surface area (Å²) in [4.78, 5) is 23.3. The molecule has 0 bridgehead atoms. The summed E-state index contributed by atoms with van der Waals surface area (Å²) in [5.41, 5.74) is 4.08. The Balaban J connectivity index is 2.08. The van der Waals surface area contributed by atoms with Crippen LogP contribution in [0.4, 0.5) is 5.69 Å². The predicted octanol–water partition coefficient (Wildman–Crippen LogP) is 3.74. The number of ether oxygens (including phenoxy) is 1. The molecule has 2 aromatic rings. The molecule has 6 nitrogen and oxygen atoms in total. The van der Waals surface area contributed by atoms with Crippen LogP contribution in [0, 0.1) is 0 Å². The Kier molecular flexibility index (Phi) is 7.11. The first-order valence-electron chi connectivity index (χ1n) is 7.74. The molecule has 0 fully saturated rings.